The third-order valence-electron chi connectivity index (χ3n) is 2.26. The van der Waals surface area contributed by atoms with Gasteiger partial charge in [-0.15, -0.1) is 10.2 Å². The van der Waals surface area contributed by atoms with Crippen molar-refractivity contribution in [2.24, 2.45) is 7.05 Å². The van der Waals surface area contributed by atoms with Gasteiger partial charge in [0.15, 0.2) is 5.22 Å². The Labute approximate surface area is 98.4 Å². The first-order chi connectivity index (χ1) is 7.75. The smallest absolute Gasteiger partial charge is 0.193 e. The topological polar surface area (TPSA) is 55.9 Å². The molecule has 1 N–H and O–H groups in total. The van der Waals surface area contributed by atoms with Gasteiger partial charge in [-0.3, -0.25) is 0 Å². The van der Waals surface area contributed by atoms with Gasteiger partial charge in [0, 0.05) is 20.0 Å². The van der Waals surface area contributed by atoms with E-state index in [9.17, 15) is 0 Å². The van der Waals surface area contributed by atoms with Crippen LogP contribution < -0.4 is 5.32 Å². The second kappa shape index (κ2) is 5.14. The van der Waals surface area contributed by atoms with E-state index in [-0.39, 0.29) is 0 Å². The van der Waals surface area contributed by atoms with Crippen molar-refractivity contribution >= 4 is 11.6 Å². The monoisotopic (exact) mass is 240 g/mol. The van der Waals surface area contributed by atoms with Gasteiger partial charge in [0.2, 0.25) is 0 Å². The first-order valence-electron chi connectivity index (χ1n) is 5.03. The minimum absolute atomic E-state index is 0.421. The molecular formula is C10H13ClN4O. The number of nitrogens with zero attached hydrogens (tertiary/aromatic N) is 3. The van der Waals surface area contributed by atoms with E-state index in [1.54, 1.807) is 12.4 Å². The Morgan fingerprint density at radius 3 is 3.00 bits per heavy atom. The summed E-state index contributed by atoms with van der Waals surface area (Å²) < 4.78 is 7.12. The summed E-state index contributed by atoms with van der Waals surface area (Å²) in [6.45, 7) is 1.50. The van der Waals surface area contributed by atoms with Gasteiger partial charge in [-0.1, -0.05) is 0 Å². The molecule has 86 valence electrons. The highest BCUT2D eigenvalue weighted by molar-refractivity contribution is 6.28. The van der Waals surface area contributed by atoms with Crippen LogP contribution in [0.4, 0.5) is 0 Å². The highest BCUT2D eigenvalue weighted by Crippen LogP contribution is 2.12. The Kier molecular flexibility index (Phi) is 3.58. The second-order valence-electron chi connectivity index (χ2n) is 3.49. The molecular weight excluding hydrogens is 228 g/mol. The maximum Gasteiger partial charge on any atom is 0.193 e. The van der Waals surface area contributed by atoms with Gasteiger partial charge in [-0.25, -0.2) is 0 Å². The summed E-state index contributed by atoms with van der Waals surface area (Å²) in [6.07, 6.45) is 2.53. The standard InChI is InChI=1S/C10H13ClN4O/c1-15-7-13-14-10(15)4-5-12-6-8-2-3-9(11)16-8/h2-3,7,12H,4-6H2,1H3. The maximum absolute atomic E-state index is 5.66. The van der Waals surface area contributed by atoms with E-state index in [0.29, 0.717) is 11.8 Å². The summed E-state index contributed by atoms with van der Waals surface area (Å²) in [4.78, 5) is 0. The molecule has 0 amide bonds. The first kappa shape index (κ1) is 11.2. The van der Waals surface area contributed by atoms with Gasteiger partial charge in [0.25, 0.3) is 0 Å². The molecule has 0 saturated heterocycles. The van der Waals surface area contributed by atoms with Crippen molar-refractivity contribution < 1.29 is 4.42 Å². The fraction of sp³-hybridized carbons (Fsp3) is 0.400. The van der Waals surface area contributed by atoms with Crippen LogP contribution >= 0.6 is 11.6 Å². The fourth-order valence-corrected chi connectivity index (χ4v) is 1.55. The van der Waals surface area contributed by atoms with Gasteiger partial charge < -0.3 is 14.3 Å². The van der Waals surface area contributed by atoms with Crippen LogP contribution in [0.5, 0.6) is 0 Å². The van der Waals surface area contributed by atoms with Crippen LogP contribution in [-0.4, -0.2) is 21.3 Å². The van der Waals surface area contributed by atoms with Gasteiger partial charge in [-0.05, 0) is 23.7 Å². The van der Waals surface area contributed by atoms with E-state index < -0.39 is 0 Å². The molecule has 0 aliphatic rings. The molecule has 0 spiro atoms. The lowest BCUT2D eigenvalue weighted by atomic mass is 10.4. The van der Waals surface area contributed by atoms with Crippen molar-refractivity contribution in [2.45, 2.75) is 13.0 Å². The van der Waals surface area contributed by atoms with E-state index in [4.69, 9.17) is 16.0 Å². The van der Waals surface area contributed by atoms with Crippen molar-refractivity contribution in [1.29, 1.82) is 0 Å². The number of furan rings is 1. The Balaban J connectivity index is 1.71. The van der Waals surface area contributed by atoms with Crippen LogP contribution in [0.1, 0.15) is 11.6 Å². The fourth-order valence-electron chi connectivity index (χ4n) is 1.39. The zero-order valence-electron chi connectivity index (χ0n) is 8.98. The number of hydrogen-bond acceptors (Lipinski definition) is 4. The third kappa shape index (κ3) is 2.84. The lowest BCUT2D eigenvalue weighted by Crippen LogP contribution is -2.17. The van der Waals surface area contributed by atoms with E-state index in [1.165, 1.54) is 0 Å². The molecule has 2 aromatic rings. The van der Waals surface area contributed by atoms with Crippen LogP contribution in [0.2, 0.25) is 5.22 Å². The van der Waals surface area contributed by atoms with Crippen LogP contribution in [0.15, 0.2) is 22.9 Å². The molecule has 0 radical (unpaired) electrons. The number of aromatic nitrogens is 3. The van der Waals surface area contributed by atoms with Gasteiger partial charge in [-0.2, -0.15) is 0 Å². The minimum atomic E-state index is 0.421. The van der Waals surface area contributed by atoms with Crippen molar-refractivity contribution in [3.8, 4) is 0 Å². The molecule has 5 nitrogen and oxygen atoms in total. The number of halogens is 1. The Morgan fingerprint density at radius 1 is 1.50 bits per heavy atom. The molecule has 0 fully saturated rings. The van der Waals surface area contributed by atoms with Crippen molar-refractivity contribution in [1.82, 2.24) is 20.1 Å². The minimum Gasteiger partial charge on any atom is -0.448 e. The molecule has 0 aromatic carbocycles. The lowest BCUT2D eigenvalue weighted by Gasteiger charge is -2.02. The number of hydrogen-bond donors (Lipinski definition) is 1. The molecule has 2 aromatic heterocycles. The summed E-state index contributed by atoms with van der Waals surface area (Å²) in [6, 6.07) is 3.60. The Hall–Kier alpha value is -1.33. The predicted octanol–water partition coefficient (Wildman–Crippen LogP) is 1.39. The molecule has 0 bridgehead atoms. The summed E-state index contributed by atoms with van der Waals surface area (Å²) in [5.74, 6) is 1.80. The SMILES string of the molecule is Cn1cnnc1CCNCc1ccc(Cl)o1. The van der Waals surface area contributed by atoms with Crippen LogP contribution in [-0.2, 0) is 20.0 Å². The largest absolute Gasteiger partial charge is 0.448 e. The summed E-state index contributed by atoms with van der Waals surface area (Å²) in [5.41, 5.74) is 0. The van der Waals surface area contributed by atoms with Crippen molar-refractivity contribution in [2.75, 3.05) is 6.54 Å². The maximum atomic E-state index is 5.66. The number of nitrogens with one attached hydrogen (secondary N) is 1. The zero-order chi connectivity index (χ0) is 11.4. The number of aryl methyl sites for hydroxylation is 1. The Bertz CT molecular complexity index is 451. The average molecular weight is 241 g/mol. The molecule has 0 saturated carbocycles. The molecule has 2 rings (SSSR count). The van der Waals surface area contributed by atoms with Crippen LogP contribution in [0.3, 0.4) is 0 Å². The molecule has 2 heterocycles. The Morgan fingerprint density at radius 2 is 2.38 bits per heavy atom. The quantitative estimate of drug-likeness (QED) is 0.803. The highest BCUT2D eigenvalue weighted by Gasteiger charge is 2.01. The third-order valence-corrected chi connectivity index (χ3v) is 2.46. The van der Waals surface area contributed by atoms with Gasteiger partial charge in [0.05, 0.1) is 6.54 Å². The molecule has 16 heavy (non-hydrogen) atoms. The average Bonchev–Trinajstić information content (AvgIpc) is 2.83. The molecule has 0 atom stereocenters. The zero-order valence-corrected chi connectivity index (χ0v) is 9.74. The second-order valence-corrected chi connectivity index (χ2v) is 3.86. The highest BCUT2D eigenvalue weighted by atomic mass is 35.5. The summed E-state index contributed by atoms with van der Waals surface area (Å²) in [5, 5.41) is 11.5. The summed E-state index contributed by atoms with van der Waals surface area (Å²) in [7, 11) is 1.93. The first-order valence-corrected chi connectivity index (χ1v) is 5.41. The molecule has 6 heteroatoms. The summed E-state index contributed by atoms with van der Waals surface area (Å²) >= 11 is 5.66. The van der Waals surface area contributed by atoms with Crippen LogP contribution in [0.25, 0.3) is 0 Å². The van der Waals surface area contributed by atoms with E-state index in [1.807, 2.05) is 17.7 Å². The predicted molar refractivity (Wildman–Crippen MR) is 60.1 cm³/mol. The van der Waals surface area contributed by atoms with Gasteiger partial charge >= 0.3 is 0 Å². The van der Waals surface area contributed by atoms with Crippen molar-refractivity contribution in [3.05, 3.63) is 35.3 Å². The van der Waals surface area contributed by atoms with E-state index >= 15 is 0 Å². The van der Waals surface area contributed by atoms with Gasteiger partial charge in [0.1, 0.15) is 17.9 Å². The van der Waals surface area contributed by atoms with Crippen molar-refractivity contribution in [3.63, 3.8) is 0 Å². The molecule has 0 aliphatic carbocycles. The molecule has 0 unspecified atom stereocenters. The normalized spacial score (nSPS) is 10.9. The van der Waals surface area contributed by atoms with Crippen LogP contribution in [0, 0.1) is 0 Å². The molecule has 0 aliphatic heterocycles. The van der Waals surface area contributed by atoms with E-state index in [2.05, 4.69) is 15.5 Å². The lowest BCUT2D eigenvalue weighted by molar-refractivity contribution is 0.484. The van der Waals surface area contributed by atoms with E-state index in [0.717, 1.165) is 24.6 Å². The number of rotatable bonds is 5.